The average Bonchev–Trinajstić information content (AvgIpc) is 2.22. The number of rotatable bonds is 7. The normalized spacial score (nSPS) is 13.1. The van der Waals surface area contributed by atoms with E-state index in [-0.39, 0.29) is 11.2 Å². The van der Waals surface area contributed by atoms with Crippen LogP contribution in [-0.4, -0.2) is 17.9 Å². The van der Waals surface area contributed by atoms with E-state index in [0.717, 1.165) is 6.42 Å². The lowest BCUT2D eigenvalue weighted by atomic mass is 9.84. The molecule has 0 saturated carbocycles. The van der Waals surface area contributed by atoms with Crippen LogP contribution < -0.4 is 0 Å². The quantitative estimate of drug-likeness (QED) is 0.137. The predicted molar refractivity (Wildman–Crippen MR) is 74.9 cm³/mol. The van der Waals surface area contributed by atoms with Gasteiger partial charge in [0.1, 0.15) is 11.7 Å². The lowest BCUT2D eigenvalue weighted by Gasteiger charge is -2.30. The maximum absolute atomic E-state index is 11.6. The molecule has 0 aliphatic heterocycles. The largest absolute Gasteiger partial charge is 0.419 e. The van der Waals surface area contributed by atoms with Gasteiger partial charge in [0.25, 0.3) is 6.29 Å². The zero-order valence-corrected chi connectivity index (χ0v) is 13.1. The molecule has 0 aromatic heterocycles. The fourth-order valence-corrected chi connectivity index (χ4v) is 1.84. The average molecular weight is 284 g/mol. The molecule has 0 heterocycles. The number of ether oxygens (including phenoxy) is 2. The third-order valence-corrected chi connectivity index (χ3v) is 2.06. The lowest BCUT2D eigenvalue weighted by molar-refractivity contribution is -0.331. The highest BCUT2D eigenvalue weighted by Crippen LogP contribution is 2.30. The Morgan fingerprint density at radius 3 is 2.30 bits per heavy atom. The minimum absolute atomic E-state index is 0.0594. The van der Waals surface area contributed by atoms with Crippen molar-refractivity contribution in [2.24, 2.45) is 5.41 Å². The second-order valence-corrected chi connectivity index (χ2v) is 6.30. The molecule has 0 radical (unpaired) electrons. The number of carbonyl (C=O) groups is 1. The van der Waals surface area contributed by atoms with Crippen LogP contribution in [0.3, 0.4) is 0 Å². The number of terminal acetylenes is 1. The van der Waals surface area contributed by atoms with Gasteiger partial charge in [0.15, 0.2) is 0 Å². The van der Waals surface area contributed by atoms with Gasteiger partial charge in [-0.05, 0) is 32.3 Å². The topological polar surface area (TPSA) is 54.0 Å². The summed E-state index contributed by atoms with van der Waals surface area (Å²) in [4.78, 5) is 21.7. The van der Waals surface area contributed by atoms with Gasteiger partial charge in [-0.15, -0.1) is 0 Å². The first-order valence-electron chi connectivity index (χ1n) is 6.34. The van der Waals surface area contributed by atoms with E-state index in [4.69, 9.17) is 20.9 Å². The second-order valence-electron chi connectivity index (χ2n) is 6.30. The molecule has 1 unspecified atom stereocenters. The van der Waals surface area contributed by atoms with Crippen LogP contribution in [0.1, 0.15) is 48.0 Å². The molecule has 0 aliphatic rings. The van der Waals surface area contributed by atoms with Crippen molar-refractivity contribution in [1.82, 2.24) is 0 Å². The van der Waals surface area contributed by atoms with Crippen LogP contribution in [0.4, 0.5) is 0 Å². The Morgan fingerprint density at radius 1 is 1.30 bits per heavy atom. The highest BCUT2D eigenvalue weighted by atomic mass is 17.2. The summed E-state index contributed by atoms with van der Waals surface area (Å²) in [5.41, 5.74) is -0.508. The maximum atomic E-state index is 11.6. The highest BCUT2D eigenvalue weighted by molar-refractivity contribution is 5.85. The molecule has 5 heteroatoms. The Balaban J connectivity index is 4.28. The molecule has 20 heavy (non-hydrogen) atoms. The lowest BCUT2D eigenvalue weighted by Crippen LogP contribution is -2.31. The van der Waals surface area contributed by atoms with Gasteiger partial charge in [-0.3, -0.25) is 0 Å². The van der Waals surface area contributed by atoms with Crippen molar-refractivity contribution in [2.75, 3.05) is 0 Å². The molecule has 0 bridgehead atoms. The molecule has 0 aliphatic carbocycles. The number of esters is 1. The molecule has 0 fully saturated rings. The van der Waals surface area contributed by atoms with E-state index in [0.29, 0.717) is 0 Å². The van der Waals surface area contributed by atoms with E-state index in [1.807, 2.05) is 20.0 Å². The summed E-state index contributed by atoms with van der Waals surface area (Å²) in [5, 5.41) is 0. The molecule has 0 N–H and O–H groups in total. The first-order chi connectivity index (χ1) is 8.97. The molecule has 0 rings (SSSR count). The van der Waals surface area contributed by atoms with Crippen molar-refractivity contribution in [3.05, 3.63) is 12.3 Å². The van der Waals surface area contributed by atoms with Crippen molar-refractivity contribution in [2.45, 2.75) is 59.9 Å². The van der Waals surface area contributed by atoms with E-state index >= 15 is 0 Å². The fraction of sp³-hybridized carbons (Fsp3) is 0.667. The minimum atomic E-state index is -0.879. The number of hydrogen-bond acceptors (Lipinski definition) is 5. The van der Waals surface area contributed by atoms with E-state index in [2.05, 4.69) is 32.1 Å². The predicted octanol–water partition coefficient (Wildman–Crippen LogP) is 3.16. The van der Waals surface area contributed by atoms with Crippen molar-refractivity contribution in [3.8, 4) is 12.5 Å². The smallest absolute Gasteiger partial charge is 0.380 e. The summed E-state index contributed by atoms with van der Waals surface area (Å²) >= 11 is 0. The standard InChI is InChI=1S/C15H24O5/c1-9-17-12(3)18-13(16)11(2)19-20-15(7,8)10-14(4,5)6/h1,12H,2,10H2,3-8H3. The van der Waals surface area contributed by atoms with Crippen LogP contribution in [0, 0.1) is 17.9 Å². The van der Waals surface area contributed by atoms with Gasteiger partial charge in [-0.25, -0.2) is 4.79 Å². The van der Waals surface area contributed by atoms with Gasteiger partial charge in [-0.1, -0.05) is 27.2 Å². The zero-order chi connectivity index (χ0) is 16.0. The Bertz CT molecular complexity index is 384. The van der Waals surface area contributed by atoms with Crippen LogP contribution in [0.5, 0.6) is 0 Å². The van der Waals surface area contributed by atoms with Crippen molar-refractivity contribution >= 4 is 5.97 Å². The van der Waals surface area contributed by atoms with Gasteiger partial charge >= 0.3 is 5.97 Å². The van der Waals surface area contributed by atoms with Gasteiger partial charge < -0.3 is 14.4 Å². The summed E-state index contributed by atoms with van der Waals surface area (Å²) in [7, 11) is 0. The summed E-state index contributed by atoms with van der Waals surface area (Å²) < 4.78 is 9.43. The highest BCUT2D eigenvalue weighted by Gasteiger charge is 2.29. The Morgan fingerprint density at radius 2 is 1.85 bits per heavy atom. The van der Waals surface area contributed by atoms with Gasteiger partial charge in [0.2, 0.25) is 5.76 Å². The van der Waals surface area contributed by atoms with Crippen LogP contribution in [0.25, 0.3) is 0 Å². The first-order valence-corrected chi connectivity index (χ1v) is 6.34. The SMILES string of the molecule is C#COC(C)OC(=O)C(=C)OOC(C)(C)CC(C)(C)C. The maximum Gasteiger partial charge on any atom is 0.380 e. The third-order valence-electron chi connectivity index (χ3n) is 2.06. The number of hydrogen-bond donors (Lipinski definition) is 0. The Kier molecular flexibility index (Phi) is 6.60. The molecule has 0 saturated heterocycles. The van der Waals surface area contributed by atoms with E-state index in [9.17, 15) is 4.79 Å². The third kappa shape index (κ3) is 8.44. The molecule has 0 amide bonds. The molecule has 5 nitrogen and oxygen atoms in total. The summed E-state index contributed by atoms with van der Waals surface area (Å²) in [6.07, 6.45) is 6.68. The van der Waals surface area contributed by atoms with E-state index in [1.165, 1.54) is 6.92 Å². The molecular weight excluding hydrogens is 260 g/mol. The Hall–Kier alpha value is -1.67. The fourth-order valence-electron chi connectivity index (χ4n) is 1.84. The van der Waals surface area contributed by atoms with Crippen molar-refractivity contribution < 1.29 is 24.0 Å². The van der Waals surface area contributed by atoms with Gasteiger partial charge in [0, 0.05) is 6.92 Å². The molecule has 0 aromatic rings. The number of carbonyl (C=O) groups excluding carboxylic acids is 1. The summed E-state index contributed by atoms with van der Waals surface area (Å²) in [6, 6.07) is 0. The Labute approximate surface area is 121 Å². The minimum Gasteiger partial charge on any atom is -0.419 e. The summed E-state index contributed by atoms with van der Waals surface area (Å²) in [6.45, 7) is 14.9. The molecular formula is C15H24O5. The first kappa shape index (κ1) is 18.3. The monoisotopic (exact) mass is 284 g/mol. The zero-order valence-electron chi connectivity index (χ0n) is 13.1. The molecule has 0 spiro atoms. The molecule has 0 aromatic carbocycles. The van der Waals surface area contributed by atoms with Crippen molar-refractivity contribution in [3.63, 3.8) is 0 Å². The summed E-state index contributed by atoms with van der Waals surface area (Å²) in [5.74, 6) is -1.06. The van der Waals surface area contributed by atoms with Crippen LogP contribution in [0.2, 0.25) is 0 Å². The van der Waals surface area contributed by atoms with Gasteiger partial charge in [-0.2, -0.15) is 4.89 Å². The molecule has 1 atom stereocenters. The van der Waals surface area contributed by atoms with E-state index < -0.39 is 17.9 Å². The second kappa shape index (κ2) is 7.20. The van der Waals surface area contributed by atoms with Crippen LogP contribution in [0.15, 0.2) is 12.3 Å². The van der Waals surface area contributed by atoms with Crippen molar-refractivity contribution in [1.29, 1.82) is 0 Å². The van der Waals surface area contributed by atoms with Crippen LogP contribution in [-0.2, 0) is 24.0 Å². The van der Waals surface area contributed by atoms with E-state index in [1.54, 1.807) is 0 Å². The molecule has 114 valence electrons. The van der Waals surface area contributed by atoms with Crippen LogP contribution >= 0.6 is 0 Å². The van der Waals surface area contributed by atoms with Gasteiger partial charge in [0.05, 0.1) is 0 Å².